The molecule has 2 N–H and O–H groups in total. The monoisotopic (exact) mass is 451 g/mol. The van der Waals surface area contributed by atoms with E-state index in [1.165, 1.54) is 16.7 Å². The maximum atomic E-state index is 11.6. The van der Waals surface area contributed by atoms with Crippen LogP contribution < -0.4 is 10.6 Å². The SMILES string of the molecule is O=C1CSC(=S)N1CNCCNc1c(Cl)c(Cl)c(Cl)c(Cl)c1Cl. The molecule has 23 heavy (non-hydrogen) atoms. The second-order valence-corrected chi connectivity index (χ2v) is 7.91. The van der Waals surface area contributed by atoms with Crippen LogP contribution in [0.4, 0.5) is 5.69 Å². The molecular formula is C12H10Cl5N3OS2. The van der Waals surface area contributed by atoms with Gasteiger partial charge in [-0.25, -0.2) is 0 Å². The second kappa shape index (κ2) is 8.63. The van der Waals surface area contributed by atoms with Gasteiger partial charge in [0.15, 0.2) is 0 Å². The maximum Gasteiger partial charge on any atom is 0.239 e. The number of thioether (sulfide) groups is 1. The predicted molar refractivity (Wildman–Crippen MR) is 105 cm³/mol. The normalized spacial score (nSPS) is 14.7. The molecule has 1 heterocycles. The van der Waals surface area contributed by atoms with Gasteiger partial charge in [-0.2, -0.15) is 0 Å². The van der Waals surface area contributed by atoms with Crippen LogP contribution in [-0.4, -0.2) is 40.6 Å². The molecule has 1 aromatic carbocycles. The summed E-state index contributed by atoms with van der Waals surface area (Å²) in [7, 11) is 0. The molecule has 1 fully saturated rings. The summed E-state index contributed by atoms with van der Waals surface area (Å²) in [5.74, 6) is 0.397. The van der Waals surface area contributed by atoms with Crippen LogP contribution in [0.1, 0.15) is 0 Å². The minimum atomic E-state index is 0.00260. The molecule has 11 heteroatoms. The number of carbonyl (C=O) groups excluding carboxylic acids is 1. The standard InChI is InChI=1S/C12H10Cl5N3OS2/c13-6-7(14)9(16)11(10(17)8(6)15)19-2-1-18-4-20-5(21)3-23-12(20)22/h18-19H,1-4H2. The minimum absolute atomic E-state index is 0.00260. The largest absolute Gasteiger partial charge is 0.381 e. The zero-order chi connectivity index (χ0) is 17.1. The zero-order valence-corrected chi connectivity index (χ0v) is 16.8. The first-order chi connectivity index (χ1) is 10.8. The fraction of sp³-hybridized carbons (Fsp3) is 0.333. The van der Waals surface area contributed by atoms with Crippen molar-refractivity contribution in [2.24, 2.45) is 0 Å². The van der Waals surface area contributed by atoms with Crippen LogP contribution in [-0.2, 0) is 4.79 Å². The van der Waals surface area contributed by atoms with E-state index in [-0.39, 0.29) is 31.0 Å². The third kappa shape index (κ3) is 4.50. The molecule has 0 radical (unpaired) electrons. The van der Waals surface area contributed by atoms with Crippen molar-refractivity contribution < 1.29 is 4.79 Å². The molecule has 2 rings (SSSR count). The van der Waals surface area contributed by atoms with Crippen LogP contribution in [0.25, 0.3) is 0 Å². The number of amides is 1. The molecule has 0 aliphatic carbocycles. The van der Waals surface area contributed by atoms with Gasteiger partial charge in [-0.3, -0.25) is 15.0 Å². The molecule has 0 saturated carbocycles. The molecule has 1 saturated heterocycles. The van der Waals surface area contributed by atoms with Gasteiger partial charge in [-0.1, -0.05) is 82.0 Å². The van der Waals surface area contributed by atoms with Gasteiger partial charge < -0.3 is 5.32 Å². The summed E-state index contributed by atoms with van der Waals surface area (Å²) in [5, 5.41) is 6.96. The minimum Gasteiger partial charge on any atom is -0.381 e. The molecule has 1 aliphatic rings. The van der Waals surface area contributed by atoms with Gasteiger partial charge in [-0.15, -0.1) is 0 Å². The van der Waals surface area contributed by atoms with Gasteiger partial charge in [-0.05, 0) is 0 Å². The molecular weight excluding hydrogens is 444 g/mol. The summed E-state index contributed by atoms with van der Waals surface area (Å²) >= 11 is 36.6. The first kappa shape index (κ1) is 19.7. The van der Waals surface area contributed by atoms with Crippen molar-refractivity contribution >= 4 is 97.9 Å². The van der Waals surface area contributed by atoms with Gasteiger partial charge >= 0.3 is 0 Å². The van der Waals surface area contributed by atoms with Crippen molar-refractivity contribution in [3.63, 3.8) is 0 Å². The fourth-order valence-electron chi connectivity index (χ4n) is 1.76. The first-order valence-electron chi connectivity index (χ1n) is 6.27. The van der Waals surface area contributed by atoms with E-state index in [1.54, 1.807) is 0 Å². The van der Waals surface area contributed by atoms with Crippen molar-refractivity contribution in [2.45, 2.75) is 0 Å². The quantitative estimate of drug-likeness (QED) is 0.281. The Morgan fingerprint density at radius 1 is 1.00 bits per heavy atom. The first-order valence-corrected chi connectivity index (χ1v) is 9.56. The summed E-state index contributed by atoms with van der Waals surface area (Å²) in [6.07, 6.45) is 0. The van der Waals surface area contributed by atoms with Gasteiger partial charge in [0.05, 0.1) is 43.2 Å². The third-order valence-electron chi connectivity index (χ3n) is 2.92. The Morgan fingerprint density at radius 3 is 2.09 bits per heavy atom. The Morgan fingerprint density at radius 2 is 1.57 bits per heavy atom. The van der Waals surface area contributed by atoms with E-state index < -0.39 is 0 Å². The molecule has 1 aromatic rings. The molecule has 1 aliphatic heterocycles. The number of carbonyl (C=O) groups is 1. The van der Waals surface area contributed by atoms with E-state index in [9.17, 15) is 4.79 Å². The molecule has 0 unspecified atom stereocenters. The summed E-state index contributed by atoms with van der Waals surface area (Å²) in [5.41, 5.74) is 0.415. The second-order valence-electron chi connectivity index (χ2n) is 4.41. The molecule has 0 bridgehead atoms. The third-order valence-corrected chi connectivity index (χ3v) is 6.63. The number of hydrogen-bond acceptors (Lipinski definition) is 5. The Labute approximate surface area is 168 Å². The Hall–Kier alpha value is 0.340. The zero-order valence-electron chi connectivity index (χ0n) is 11.4. The number of nitrogens with one attached hydrogen (secondary N) is 2. The number of benzene rings is 1. The summed E-state index contributed by atoms with van der Waals surface area (Å²) < 4.78 is 0.581. The average Bonchev–Trinajstić information content (AvgIpc) is 2.85. The van der Waals surface area contributed by atoms with Crippen molar-refractivity contribution in [2.75, 3.05) is 30.8 Å². The van der Waals surface area contributed by atoms with Crippen LogP contribution >= 0.6 is 82.0 Å². The number of halogens is 5. The highest BCUT2D eigenvalue weighted by molar-refractivity contribution is 8.23. The highest BCUT2D eigenvalue weighted by Gasteiger charge is 2.25. The molecule has 4 nitrogen and oxygen atoms in total. The van der Waals surface area contributed by atoms with Gasteiger partial charge in [0, 0.05) is 13.1 Å². The number of thiocarbonyl (C=S) groups is 1. The van der Waals surface area contributed by atoms with E-state index in [1.807, 2.05) is 0 Å². The van der Waals surface area contributed by atoms with Gasteiger partial charge in [0.2, 0.25) is 5.91 Å². The Bertz CT molecular complexity index is 613. The highest BCUT2D eigenvalue weighted by Crippen LogP contribution is 2.46. The van der Waals surface area contributed by atoms with E-state index in [0.717, 1.165) is 0 Å². The number of nitrogens with zero attached hydrogens (tertiary/aromatic N) is 1. The van der Waals surface area contributed by atoms with E-state index >= 15 is 0 Å². The van der Waals surface area contributed by atoms with Gasteiger partial charge in [0.1, 0.15) is 4.32 Å². The lowest BCUT2D eigenvalue weighted by molar-refractivity contribution is -0.124. The summed E-state index contributed by atoms with van der Waals surface area (Å²) in [4.78, 5) is 13.1. The number of rotatable bonds is 6. The van der Waals surface area contributed by atoms with E-state index in [4.69, 9.17) is 70.2 Å². The Kier molecular flexibility index (Phi) is 7.38. The Balaban J connectivity index is 1.88. The fourth-order valence-corrected chi connectivity index (χ4v) is 4.10. The highest BCUT2D eigenvalue weighted by atomic mass is 35.5. The van der Waals surface area contributed by atoms with Crippen molar-refractivity contribution in [1.29, 1.82) is 0 Å². The maximum absolute atomic E-state index is 11.6. The molecule has 0 atom stereocenters. The van der Waals surface area contributed by atoms with Crippen LogP contribution in [0.3, 0.4) is 0 Å². The van der Waals surface area contributed by atoms with Crippen molar-refractivity contribution in [1.82, 2.24) is 10.2 Å². The van der Waals surface area contributed by atoms with Crippen LogP contribution in [0, 0.1) is 0 Å². The lowest BCUT2D eigenvalue weighted by Gasteiger charge is -2.17. The predicted octanol–water partition coefficient (Wildman–Crippen LogP) is 4.77. The van der Waals surface area contributed by atoms with Crippen LogP contribution in [0.2, 0.25) is 25.1 Å². The summed E-state index contributed by atoms with van der Waals surface area (Å²) in [6, 6.07) is 0. The lowest BCUT2D eigenvalue weighted by Crippen LogP contribution is -2.39. The van der Waals surface area contributed by atoms with Crippen molar-refractivity contribution in [3.8, 4) is 0 Å². The number of hydrogen-bond donors (Lipinski definition) is 2. The molecule has 0 aromatic heterocycles. The average molecular weight is 454 g/mol. The smallest absolute Gasteiger partial charge is 0.239 e. The molecule has 0 spiro atoms. The number of anilines is 1. The topological polar surface area (TPSA) is 44.4 Å². The lowest BCUT2D eigenvalue weighted by atomic mass is 10.3. The van der Waals surface area contributed by atoms with Crippen LogP contribution in [0.15, 0.2) is 0 Å². The van der Waals surface area contributed by atoms with Crippen LogP contribution in [0.5, 0.6) is 0 Å². The molecule has 126 valence electrons. The molecule has 1 amide bonds. The van der Waals surface area contributed by atoms with E-state index in [0.29, 0.717) is 35.5 Å². The summed E-state index contributed by atoms with van der Waals surface area (Å²) in [6.45, 7) is 1.38. The van der Waals surface area contributed by atoms with E-state index in [2.05, 4.69) is 10.6 Å². The van der Waals surface area contributed by atoms with Gasteiger partial charge in [0.25, 0.3) is 0 Å². The van der Waals surface area contributed by atoms with Crippen molar-refractivity contribution in [3.05, 3.63) is 25.1 Å².